The largest absolute Gasteiger partial charge is 0.179 e. The second kappa shape index (κ2) is 6.57. The van der Waals surface area contributed by atoms with E-state index in [1.54, 1.807) is 0 Å². The van der Waals surface area contributed by atoms with Crippen molar-refractivity contribution in [2.45, 2.75) is 44.9 Å². The van der Waals surface area contributed by atoms with Gasteiger partial charge in [0.25, 0.3) is 0 Å². The number of unbranched alkanes of at least 4 members (excludes halogenated alkanes) is 3. The number of hydrogen-bond donors (Lipinski definition) is 1. The van der Waals surface area contributed by atoms with Crippen LogP contribution in [0, 0.1) is 0 Å². The van der Waals surface area contributed by atoms with Gasteiger partial charge in [-0.05, 0) is 75.7 Å². The average molecular weight is 321 g/mol. The first-order chi connectivity index (χ1) is 11.4. The summed E-state index contributed by atoms with van der Waals surface area (Å²) in [6.45, 7) is 0. The molecular formula is C22H24S. The molecule has 0 N–H and O–H groups in total. The maximum atomic E-state index is 4.29. The highest BCUT2D eigenvalue weighted by Gasteiger charge is 2.11. The van der Waals surface area contributed by atoms with E-state index in [0.717, 1.165) is 5.75 Å². The van der Waals surface area contributed by atoms with Crippen LogP contribution in [0.1, 0.15) is 43.2 Å². The van der Waals surface area contributed by atoms with Gasteiger partial charge in [0.2, 0.25) is 0 Å². The van der Waals surface area contributed by atoms with E-state index in [1.165, 1.54) is 82.8 Å². The lowest BCUT2D eigenvalue weighted by molar-refractivity contribution is 0.671. The number of thiol groups is 1. The third-order valence-corrected chi connectivity index (χ3v) is 5.49. The first kappa shape index (κ1) is 15.1. The van der Waals surface area contributed by atoms with Gasteiger partial charge in [-0.25, -0.2) is 0 Å². The molecule has 0 heterocycles. The fourth-order valence-corrected chi connectivity index (χ4v) is 4.25. The molecule has 118 valence electrons. The molecular weight excluding hydrogens is 296 g/mol. The average Bonchev–Trinajstić information content (AvgIpc) is 2.59. The van der Waals surface area contributed by atoms with Gasteiger partial charge in [-0.3, -0.25) is 0 Å². The summed E-state index contributed by atoms with van der Waals surface area (Å²) >= 11 is 4.29. The fourth-order valence-electron chi connectivity index (χ4n) is 4.03. The Labute approximate surface area is 144 Å². The normalized spacial score (nSPS) is 13.6. The molecule has 3 aromatic carbocycles. The monoisotopic (exact) mass is 320 g/mol. The van der Waals surface area contributed by atoms with Crippen molar-refractivity contribution in [3.8, 4) is 0 Å². The maximum absolute atomic E-state index is 4.29. The van der Waals surface area contributed by atoms with Crippen LogP contribution in [0.3, 0.4) is 0 Å². The summed E-state index contributed by atoms with van der Waals surface area (Å²) in [6, 6.07) is 14.2. The summed E-state index contributed by atoms with van der Waals surface area (Å²) in [5.74, 6) is 1.02. The molecule has 0 saturated heterocycles. The summed E-state index contributed by atoms with van der Waals surface area (Å²) in [5.41, 5.74) is 3.02. The Balaban J connectivity index is 1.70. The molecule has 0 aromatic heterocycles. The third kappa shape index (κ3) is 2.87. The first-order valence-corrected chi connectivity index (χ1v) is 9.58. The van der Waals surface area contributed by atoms with E-state index in [-0.39, 0.29) is 0 Å². The van der Waals surface area contributed by atoms with Crippen molar-refractivity contribution in [2.75, 3.05) is 5.75 Å². The molecule has 0 aliphatic heterocycles. The molecule has 0 spiro atoms. The van der Waals surface area contributed by atoms with Gasteiger partial charge in [-0.2, -0.15) is 12.6 Å². The summed E-state index contributed by atoms with van der Waals surface area (Å²) in [6.07, 6.45) is 11.1. The second-order valence-electron chi connectivity index (χ2n) is 6.80. The molecule has 0 radical (unpaired) electrons. The smallest absolute Gasteiger partial charge is 0.00300 e. The van der Waals surface area contributed by atoms with Gasteiger partial charge in [0.05, 0.1) is 0 Å². The van der Waals surface area contributed by atoms with Gasteiger partial charge in [0.1, 0.15) is 0 Å². The molecule has 0 saturated carbocycles. The van der Waals surface area contributed by atoms with Crippen molar-refractivity contribution >= 4 is 40.2 Å². The van der Waals surface area contributed by atoms with Gasteiger partial charge in [-0.15, -0.1) is 0 Å². The van der Waals surface area contributed by atoms with Crippen molar-refractivity contribution in [2.24, 2.45) is 0 Å². The Morgan fingerprint density at radius 1 is 0.826 bits per heavy atom. The molecule has 0 atom stereocenters. The van der Waals surface area contributed by atoms with Crippen LogP contribution in [0.5, 0.6) is 0 Å². The van der Waals surface area contributed by atoms with Crippen molar-refractivity contribution in [1.82, 2.24) is 0 Å². The van der Waals surface area contributed by atoms with Crippen LogP contribution in [-0.4, -0.2) is 5.75 Å². The Kier molecular flexibility index (Phi) is 4.31. The molecule has 0 unspecified atom stereocenters. The zero-order chi connectivity index (χ0) is 15.6. The molecule has 3 aromatic rings. The molecule has 1 aliphatic rings. The van der Waals surface area contributed by atoms with Crippen LogP contribution in [-0.2, 0) is 12.8 Å². The van der Waals surface area contributed by atoms with Gasteiger partial charge < -0.3 is 0 Å². The van der Waals surface area contributed by atoms with E-state index in [2.05, 4.69) is 55.1 Å². The first-order valence-electron chi connectivity index (χ1n) is 8.95. The minimum atomic E-state index is 1.02. The topological polar surface area (TPSA) is 0 Å². The minimum absolute atomic E-state index is 1.02. The summed E-state index contributed by atoms with van der Waals surface area (Å²) < 4.78 is 0. The Morgan fingerprint density at radius 2 is 1.61 bits per heavy atom. The quantitative estimate of drug-likeness (QED) is 0.452. The van der Waals surface area contributed by atoms with Gasteiger partial charge in [0.15, 0.2) is 0 Å². The molecule has 0 bridgehead atoms. The van der Waals surface area contributed by atoms with Crippen molar-refractivity contribution in [3.63, 3.8) is 0 Å². The van der Waals surface area contributed by atoms with Crippen LogP contribution in [0.15, 0.2) is 36.4 Å². The van der Waals surface area contributed by atoms with Crippen molar-refractivity contribution in [1.29, 1.82) is 0 Å². The lowest BCUT2D eigenvalue weighted by atomic mass is 9.88. The van der Waals surface area contributed by atoms with Crippen LogP contribution in [0.25, 0.3) is 27.6 Å². The SMILES string of the molecule is SCCCCCCc1cc2ccc3c4c(ccc(c1)c24)=CCC3. The van der Waals surface area contributed by atoms with E-state index in [0.29, 0.717) is 0 Å². The number of aryl methyl sites for hydroxylation is 2. The van der Waals surface area contributed by atoms with Crippen molar-refractivity contribution in [3.05, 3.63) is 52.7 Å². The molecule has 1 heteroatoms. The number of hydrogen-bond acceptors (Lipinski definition) is 1. The minimum Gasteiger partial charge on any atom is -0.179 e. The highest BCUT2D eigenvalue weighted by Crippen LogP contribution is 2.31. The predicted molar refractivity (Wildman–Crippen MR) is 105 cm³/mol. The van der Waals surface area contributed by atoms with Crippen LogP contribution < -0.4 is 5.22 Å². The lowest BCUT2D eigenvalue weighted by Gasteiger charge is -2.16. The molecule has 0 nitrogen and oxygen atoms in total. The standard InChI is InChI=1S/C22H24S/c23-13-4-2-1-3-6-16-14-19-11-9-17-7-5-8-18-10-12-20(15-16)22(19)21(17)18/h7,9-12,14-15,23H,1-6,8,13H2. The molecule has 4 rings (SSSR count). The van der Waals surface area contributed by atoms with E-state index < -0.39 is 0 Å². The Bertz CT molecular complexity index is 873. The third-order valence-electron chi connectivity index (χ3n) is 5.18. The number of benzene rings is 3. The maximum Gasteiger partial charge on any atom is -0.00300 e. The van der Waals surface area contributed by atoms with Crippen molar-refractivity contribution < 1.29 is 0 Å². The van der Waals surface area contributed by atoms with E-state index in [4.69, 9.17) is 0 Å². The molecule has 0 fully saturated rings. The van der Waals surface area contributed by atoms with Gasteiger partial charge >= 0.3 is 0 Å². The zero-order valence-electron chi connectivity index (χ0n) is 13.6. The predicted octanol–water partition coefficient (Wildman–Crippen LogP) is 5.47. The van der Waals surface area contributed by atoms with Crippen LogP contribution in [0.4, 0.5) is 0 Å². The highest BCUT2D eigenvalue weighted by molar-refractivity contribution is 7.80. The summed E-state index contributed by atoms with van der Waals surface area (Å²) in [4.78, 5) is 0. The van der Waals surface area contributed by atoms with E-state index in [9.17, 15) is 0 Å². The molecule has 1 aliphatic carbocycles. The van der Waals surface area contributed by atoms with Gasteiger partial charge in [0, 0.05) is 0 Å². The van der Waals surface area contributed by atoms with Gasteiger partial charge in [-0.1, -0.05) is 55.3 Å². The lowest BCUT2D eigenvalue weighted by Crippen LogP contribution is -2.09. The van der Waals surface area contributed by atoms with E-state index >= 15 is 0 Å². The molecule has 0 amide bonds. The van der Waals surface area contributed by atoms with Crippen LogP contribution in [0.2, 0.25) is 0 Å². The Hall–Kier alpha value is -1.47. The summed E-state index contributed by atoms with van der Waals surface area (Å²) in [5, 5.41) is 7.26. The summed E-state index contributed by atoms with van der Waals surface area (Å²) in [7, 11) is 0. The second-order valence-corrected chi connectivity index (χ2v) is 7.25. The molecule has 23 heavy (non-hydrogen) atoms. The fraction of sp³-hybridized carbons (Fsp3) is 0.364. The zero-order valence-corrected chi connectivity index (χ0v) is 14.5. The number of rotatable bonds is 6. The van der Waals surface area contributed by atoms with Crippen LogP contribution >= 0.6 is 12.6 Å². The van der Waals surface area contributed by atoms with E-state index in [1.807, 2.05) is 0 Å². The highest BCUT2D eigenvalue weighted by atomic mass is 32.1. The Morgan fingerprint density at radius 3 is 2.43 bits per heavy atom.